The first-order valence-corrected chi connectivity index (χ1v) is 7.54. The van der Waals surface area contributed by atoms with Crippen molar-refractivity contribution >= 4 is 11.9 Å². The third kappa shape index (κ3) is 2.24. The van der Waals surface area contributed by atoms with Gasteiger partial charge in [-0.25, -0.2) is 4.79 Å². The summed E-state index contributed by atoms with van der Waals surface area (Å²) in [5.41, 5.74) is 1.19. The lowest BCUT2D eigenvalue weighted by Gasteiger charge is -2.28. The van der Waals surface area contributed by atoms with Gasteiger partial charge in [0, 0.05) is 18.4 Å². The SMILES string of the molecule is C=C1C(=O)O[C@H]2[C@H]1[C@@H](O)[C@H](OC(C)=O)C(=C)[C@@H]1C[C@H](O)C(=C)[C@H]21. The molecule has 3 aliphatic rings. The molecule has 1 heterocycles. The van der Waals surface area contributed by atoms with E-state index in [1.807, 2.05) is 0 Å². The fraction of sp³-hybridized carbons (Fsp3) is 0.529. The summed E-state index contributed by atoms with van der Waals surface area (Å²) in [5.74, 6) is -2.52. The Morgan fingerprint density at radius 3 is 2.48 bits per heavy atom. The molecule has 23 heavy (non-hydrogen) atoms. The summed E-state index contributed by atoms with van der Waals surface area (Å²) in [6.07, 6.45) is -3.23. The normalized spacial score (nSPS) is 42.8. The van der Waals surface area contributed by atoms with E-state index in [0.29, 0.717) is 17.6 Å². The third-order valence-electron chi connectivity index (χ3n) is 5.20. The molecule has 0 unspecified atom stereocenters. The van der Waals surface area contributed by atoms with Crippen LogP contribution in [0.25, 0.3) is 0 Å². The standard InChI is InChI=1S/C17H20O6/c1-6-10-5-11(19)7(2)12(10)16-13(8(3)17(21)23-16)14(20)15(6)22-9(4)18/h10-16,19-20H,1-3,5H2,4H3/t10-,11-,12-,13+,14+,15+,16+/m0/s1. The van der Waals surface area contributed by atoms with Crippen molar-refractivity contribution in [2.75, 3.05) is 0 Å². The molecule has 2 aliphatic carbocycles. The maximum absolute atomic E-state index is 11.9. The van der Waals surface area contributed by atoms with Crippen molar-refractivity contribution in [2.24, 2.45) is 17.8 Å². The highest BCUT2D eigenvalue weighted by Gasteiger charge is 2.58. The topological polar surface area (TPSA) is 93.1 Å². The summed E-state index contributed by atoms with van der Waals surface area (Å²) in [6, 6.07) is 0. The zero-order chi connectivity index (χ0) is 17.0. The van der Waals surface area contributed by atoms with Crippen molar-refractivity contribution in [1.29, 1.82) is 0 Å². The van der Waals surface area contributed by atoms with E-state index < -0.39 is 42.3 Å². The zero-order valence-electron chi connectivity index (χ0n) is 12.9. The fourth-order valence-electron chi connectivity index (χ4n) is 4.09. The number of rotatable bonds is 1. The Bertz CT molecular complexity index is 621. The van der Waals surface area contributed by atoms with Gasteiger partial charge in [-0.15, -0.1) is 0 Å². The monoisotopic (exact) mass is 320 g/mol. The molecule has 3 rings (SSSR count). The van der Waals surface area contributed by atoms with E-state index in [2.05, 4.69) is 19.7 Å². The molecule has 2 N–H and O–H groups in total. The molecule has 124 valence electrons. The highest BCUT2D eigenvalue weighted by Crippen LogP contribution is 2.52. The van der Waals surface area contributed by atoms with Gasteiger partial charge in [-0.3, -0.25) is 4.79 Å². The van der Waals surface area contributed by atoms with Gasteiger partial charge >= 0.3 is 11.9 Å². The summed E-state index contributed by atoms with van der Waals surface area (Å²) in [6.45, 7) is 12.9. The van der Waals surface area contributed by atoms with Crippen LogP contribution in [0.3, 0.4) is 0 Å². The van der Waals surface area contributed by atoms with E-state index in [1.165, 1.54) is 6.92 Å². The van der Waals surface area contributed by atoms with Crippen LogP contribution >= 0.6 is 0 Å². The van der Waals surface area contributed by atoms with Gasteiger partial charge in [-0.2, -0.15) is 0 Å². The zero-order valence-corrected chi connectivity index (χ0v) is 12.9. The summed E-state index contributed by atoms with van der Waals surface area (Å²) >= 11 is 0. The van der Waals surface area contributed by atoms with Crippen molar-refractivity contribution in [3.8, 4) is 0 Å². The first-order chi connectivity index (χ1) is 10.7. The maximum Gasteiger partial charge on any atom is 0.334 e. The Morgan fingerprint density at radius 1 is 1.22 bits per heavy atom. The van der Waals surface area contributed by atoms with E-state index >= 15 is 0 Å². The molecule has 0 aromatic carbocycles. The van der Waals surface area contributed by atoms with Gasteiger partial charge in [0.25, 0.3) is 0 Å². The van der Waals surface area contributed by atoms with Crippen molar-refractivity contribution in [2.45, 2.75) is 37.8 Å². The molecule has 1 aliphatic heterocycles. The van der Waals surface area contributed by atoms with E-state index in [0.717, 1.165) is 0 Å². The van der Waals surface area contributed by atoms with E-state index in [-0.39, 0.29) is 17.4 Å². The van der Waals surface area contributed by atoms with Gasteiger partial charge in [0.2, 0.25) is 0 Å². The number of ether oxygens (including phenoxy) is 2. The molecule has 7 atom stereocenters. The largest absolute Gasteiger partial charge is 0.458 e. The second-order valence-electron chi connectivity index (χ2n) is 6.48. The fourth-order valence-corrected chi connectivity index (χ4v) is 4.09. The molecule has 0 amide bonds. The van der Waals surface area contributed by atoms with Crippen LogP contribution in [0.15, 0.2) is 36.5 Å². The summed E-state index contributed by atoms with van der Waals surface area (Å²) in [7, 11) is 0. The molecule has 0 radical (unpaired) electrons. The van der Waals surface area contributed by atoms with E-state index in [1.54, 1.807) is 0 Å². The Labute approximate surface area is 134 Å². The van der Waals surface area contributed by atoms with Gasteiger partial charge in [0.15, 0.2) is 0 Å². The van der Waals surface area contributed by atoms with Crippen LogP contribution < -0.4 is 0 Å². The smallest absolute Gasteiger partial charge is 0.334 e. The van der Waals surface area contributed by atoms with Gasteiger partial charge in [0.1, 0.15) is 18.3 Å². The molecule has 0 spiro atoms. The van der Waals surface area contributed by atoms with Gasteiger partial charge in [0.05, 0.1) is 12.0 Å². The highest BCUT2D eigenvalue weighted by molar-refractivity contribution is 5.91. The summed E-state index contributed by atoms with van der Waals surface area (Å²) < 4.78 is 10.7. The van der Waals surface area contributed by atoms with Gasteiger partial charge in [-0.1, -0.05) is 19.7 Å². The number of hydrogen-bond donors (Lipinski definition) is 2. The predicted octanol–water partition coefficient (Wildman–Crippen LogP) is 0.500. The first kappa shape index (κ1) is 16.0. The van der Waals surface area contributed by atoms with Crippen LogP contribution in [0.2, 0.25) is 0 Å². The van der Waals surface area contributed by atoms with E-state index in [4.69, 9.17) is 9.47 Å². The molecule has 6 nitrogen and oxygen atoms in total. The van der Waals surface area contributed by atoms with Crippen LogP contribution in [0, 0.1) is 17.8 Å². The minimum atomic E-state index is -1.18. The molecular weight excluding hydrogens is 300 g/mol. The van der Waals surface area contributed by atoms with E-state index in [9.17, 15) is 19.8 Å². The molecule has 2 saturated carbocycles. The van der Waals surface area contributed by atoms with Gasteiger partial charge < -0.3 is 19.7 Å². The Balaban J connectivity index is 2.08. The second-order valence-corrected chi connectivity index (χ2v) is 6.48. The Morgan fingerprint density at radius 2 is 1.87 bits per heavy atom. The van der Waals surface area contributed by atoms with Crippen molar-refractivity contribution in [1.82, 2.24) is 0 Å². The predicted molar refractivity (Wildman–Crippen MR) is 80.0 cm³/mol. The summed E-state index contributed by atoms with van der Waals surface area (Å²) in [5, 5.41) is 20.9. The molecule has 1 saturated heterocycles. The number of aliphatic hydroxyl groups is 2. The minimum absolute atomic E-state index is 0.141. The second kappa shape index (κ2) is 5.32. The first-order valence-electron chi connectivity index (χ1n) is 7.54. The lowest BCUT2D eigenvalue weighted by Crippen LogP contribution is -2.40. The number of carbonyl (C=O) groups excluding carboxylic acids is 2. The number of carbonyl (C=O) groups is 2. The molecule has 3 fully saturated rings. The van der Waals surface area contributed by atoms with Crippen molar-refractivity contribution < 1.29 is 29.3 Å². The van der Waals surface area contributed by atoms with Crippen molar-refractivity contribution in [3.05, 3.63) is 36.5 Å². The number of aliphatic hydroxyl groups excluding tert-OH is 2. The molecular formula is C17H20O6. The minimum Gasteiger partial charge on any atom is -0.458 e. The maximum atomic E-state index is 11.9. The average Bonchev–Trinajstić information content (AvgIpc) is 2.90. The van der Waals surface area contributed by atoms with Crippen LogP contribution in [0.1, 0.15) is 13.3 Å². The number of hydrogen-bond acceptors (Lipinski definition) is 6. The molecule has 0 aromatic heterocycles. The van der Waals surface area contributed by atoms with Crippen LogP contribution in [-0.4, -0.2) is 46.6 Å². The van der Waals surface area contributed by atoms with Crippen LogP contribution in [0.4, 0.5) is 0 Å². The lowest BCUT2D eigenvalue weighted by molar-refractivity contribution is -0.152. The number of fused-ring (bicyclic) bond motifs is 3. The molecule has 0 aromatic rings. The van der Waals surface area contributed by atoms with Crippen LogP contribution in [0.5, 0.6) is 0 Å². The highest BCUT2D eigenvalue weighted by atomic mass is 16.6. The Hall–Kier alpha value is -1.92. The third-order valence-corrected chi connectivity index (χ3v) is 5.20. The lowest BCUT2D eigenvalue weighted by atomic mass is 9.81. The quantitative estimate of drug-likeness (QED) is 0.415. The molecule has 6 heteroatoms. The Kier molecular flexibility index (Phi) is 3.69. The number of esters is 2. The van der Waals surface area contributed by atoms with Gasteiger partial charge in [-0.05, 0) is 23.5 Å². The average molecular weight is 320 g/mol. The molecule has 0 bridgehead atoms. The summed E-state index contributed by atoms with van der Waals surface area (Å²) in [4.78, 5) is 23.3. The van der Waals surface area contributed by atoms with Crippen LogP contribution in [-0.2, 0) is 19.1 Å². The van der Waals surface area contributed by atoms with Crippen molar-refractivity contribution in [3.63, 3.8) is 0 Å².